The maximum absolute atomic E-state index is 11.4. The number of hydrogen-bond acceptors (Lipinski definition) is 3. The molecule has 0 fully saturated rings. The molecule has 3 aromatic carbocycles. The molecule has 0 radical (unpaired) electrons. The van der Waals surface area contributed by atoms with Crippen molar-refractivity contribution in [2.75, 3.05) is 12.8 Å². The average molecular weight is 954 g/mol. The summed E-state index contributed by atoms with van der Waals surface area (Å²) in [6.07, 6.45) is 5.12. The second kappa shape index (κ2) is 25.3. The molecule has 3 nitrogen and oxygen atoms in total. The van der Waals surface area contributed by atoms with Crippen LogP contribution in [0.5, 0.6) is 0 Å². The first kappa shape index (κ1) is 45.3. The van der Waals surface area contributed by atoms with E-state index in [9.17, 15) is 4.79 Å². The minimum absolute atomic E-state index is 0.0688. The molecule has 0 saturated carbocycles. The van der Waals surface area contributed by atoms with Gasteiger partial charge >= 0.3 is 5.97 Å². The first-order chi connectivity index (χ1) is 20.3. The molecule has 43 heavy (non-hydrogen) atoms. The van der Waals surface area contributed by atoms with E-state index in [0.29, 0.717) is 11.3 Å². The summed E-state index contributed by atoms with van der Waals surface area (Å²) in [5, 5.41) is 0. The molecular formula is C22H37BrNO2P17. The number of rotatable bonds is 9. The van der Waals surface area contributed by atoms with E-state index in [1.54, 1.807) is 12.1 Å². The van der Waals surface area contributed by atoms with E-state index in [1.165, 1.54) is 7.11 Å². The summed E-state index contributed by atoms with van der Waals surface area (Å²) < 4.78 is 5.72. The van der Waals surface area contributed by atoms with Gasteiger partial charge in [0.2, 0.25) is 0 Å². The number of carbonyl (C=O) groups excluding carboxylic acids is 1. The Hall–Kier alpha value is 4.28. The fourth-order valence-corrected chi connectivity index (χ4v) is 192. The second-order valence-corrected chi connectivity index (χ2v) is 73.1. The van der Waals surface area contributed by atoms with Crippen molar-refractivity contribution in [2.45, 2.75) is 0 Å². The normalized spacial score (nSPS) is 12.5. The van der Waals surface area contributed by atoms with E-state index in [2.05, 4.69) is 102 Å². The monoisotopic (exact) mass is 953 g/mol. The highest BCUT2D eigenvalue weighted by Gasteiger charge is 2.37. The smallest absolute Gasteiger partial charge is 0.337 e. The van der Waals surface area contributed by atoms with Crippen LogP contribution in [0.25, 0.3) is 11.1 Å². The van der Waals surface area contributed by atoms with Gasteiger partial charge in [0.05, 0.1) is 12.7 Å². The summed E-state index contributed by atoms with van der Waals surface area (Å²) in [4.78, 5) is 11.4. The van der Waals surface area contributed by atoms with Crippen molar-refractivity contribution in [1.29, 1.82) is 0 Å². The van der Waals surface area contributed by atoms with E-state index in [0.717, 1.165) is 29.1 Å². The number of anilines is 1. The van der Waals surface area contributed by atoms with Gasteiger partial charge in [0.15, 0.2) is 0 Å². The summed E-state index contributed by atoms with van der Waals surface area (Å²) in [5.74, 6) is 2.15. The lowest BCUT2D eigenvalue weighted by Gasteiger charge is -2.41. The average Bonchev–Trinajstić information content (AvgIpc) is 2.97. The highest BCUT2D eigenvalue weighted by Crippen LogP contribution is 3.25. The summed E-state index contributed by atoms with van der Waals surface area (Å²) >= 11 is 3.43. The predicted octanol–water partition coefficient (Wildman–Crippen LogP) is 14.7. The molecule has 0 spiro atoms. The fourth-order valence-electron chi connectivity index (χ4n) is 3.02. The molecule has 21 heteroatoms. The first-order valence-corrected chi connectivity index (χ1v) is 42.6. The highest BCUT2D eigenvalue weighted by atomic mass is 79.9. The molecule has 0 amide bonds. The molecule has 3 aromatic rings. The van der Waals surface area contributed by atoms with Gasteiger partial charge in [-0.2, -0.15) is 0 Å². The van der Waals surface area contributed by atoms with Gasteiger partial charge in [-0.15, -0.1) is 86.8 Å². The quantitative estimate of drug-likeness (QED) is 0.101. The van der Waals surface area contributed by atoms with Crippen LogP contribution in [-0.2, 0) is 4.74 Å². The van der Waals surface area contributed by atoms with Crippen LogP contribution >= 0.6 is 153 Å². The molecule has 2 N–H and O–H groups in total. The maximum Gasteiger partial charge on any atom is 0.337 e. The van der Waals surface area contributed by atoms with E-state index >= 15 is 0 Å². The Morgan fingerprint density at radius 3 is 1.77 bits per heavy atom. The van der Waals surface area contributed by atoms with Crippen LogP contribution in [0.3, 0.4) is 0 Å². The molecule has 12 atom stereocenters. The topological polar surface area (TPSA) is 52.3 Å². The number of nitrogen functional groups attached to an aromatic ring is 1. The third-order valence-electron chi connectivity index (χ3n) is 4.84. The Kier molecular flexibility index (Phi) is 26.6. The van der Waals surface area contributed by atoms with Crippen molar-refractivity contribution in [3.05, 3.63) is 88.4 Å². The third-order valence-corrected chi connectivity index (χ3v) is 108. The van der Waals surface area contributed by atoms with Gasteiger partial charge in [-0.25, -0.2) is 4.79 Å². The van der Waals surface area contributed by atoms with Gasteiger partial charge in [0.1, 0.15) is 0 Å². The number of nitrogens with two attached hydrogens (primary N) is 1. The Balaban J connectivity index is 0.000000338. The molecule has 0 aliphatic rings. The van der Waals surface area contributed by atoms with Crippen LogP contribution in [0.2, 0.25) is 0 Å². The third kappa shape index (κ3) is 16.9. The number of terminal acetylenes is 1. The number of ether oxygens (including phenoxy) is 1. The van der Waals surface area contributed by atoms with Crippen LogP contribution < -0.4 is 5.73 Å². The van der Waals surface area contributed by atoms with E-state index in [4.69, 9.17) is 16.9 Å². The molecule has 0 bridgehead atoms. The molecule has 12 unspecified atom stereocenters. The van der Waals surface area contributed by atoms with Crippen molar-refractivity contribution in [2.24, 2.45) is 0 Å². The molecule has 0 aliphatic carbocycles. The van der Waals surface area contributed by atoms with Gasteiger partial charge in [0.25, 0.3) is 0 Å². The van der Waals surface area contributed by atoms with Gasteiger partial charge < -0.3 is 10.5 Å². The molecule has 0 saturated heterocycles. The van der Waals surface area contributed by atoms with Crippen molar-refractivity contribution < 1.29 is 9.53 Å². The predicted molar refractivity (Wildman–Crippen MR) is 254 cm³/mol. The molecule has 0 heterocycles. The Morgan fingerprint density at radius 1 is 0.814 bits per heavy atom. The van der Waals surface area contributed by atoms with Gasteiger partial charge in [-0.05, 0) is 96.4 Å². The summed E-state index contributed by atoms with van der Waals surface area (Å²) in [6.45, 7) is 0.911. The van der Waals surface area contributed by atoms with Crippen molar-refractivity contribution >= 4 is 165 Å². The van der Waals surface area contributed by atoms with Crippen LogP contribution in [0.4, 0.5) is 5.69 Å². The highest BCUT2D eigenvalue weighted by molar-refractivity contribution is 9.31. The fraction of sp³-hybridized carbons (Fsp3) is 0.0455. The zero-order chi connectivity index (χ0) is 32.7. The van der Waals surface area contributed by atoms with Gasteiger partial charge in [-0.1, -0.05) is 66.2 Å². The lowest BCUT2D eigenvalue weighted by atomic mass is 10.0. The molecule has 3 rings (SSSR count). The minimum atomic E-state index is -0.318. The minimum Gasteiger partial charge on any atom is -0.465 e. The Labute approximate surface area is 296 Å². The van der Waals surface area contributed by atoms with Crippen LogP contribution in [0.1, 0.15) is 15.9 Å². The molecular weight excluding hydrogens is 917 g/mol. The number of methoxy groups -OCH3 is 1. The summed E-state index contributed by atoms with van der Waals surface area (Å²) in [5.41, 5.74) is 9.53. The van der Waals surface area contributed by atoms with Gasteiger partial charge in [-0.3, -0.25) is 0 Å². The zero-order valence-corrected chi connectivity index (χ0v) is 42.3. The van der Waals surface area contributed by atoms with E-state index < -0.39 is 0 Å². The molecule has 234 valence electrons. The lowest BCUT2D eigenvalue weighted by Crippen LogP contribution is -2.00. The van der Waals surface area contributed by atoms with Gasteiger partial charge in [0, 0.05) is 15.7 Å². The molecule has 0 aliphatic heterocycles. The largest absolute Gasteiger partial charge is 0.465 e. The van der Waals surface area contributed by atoms with E-state index in [-0.39, 0.29) is 54.9 Å². The van der Waals surface area contributed by atoms with Crippen molar-refractivity contribution in [3.8, 4) is 23.5 Å². The Bertz CT molecular complexity index is 1320. The number of carbonyl (C=O) groups is 1. The summed E-state index contributed by atoms with van der Waals surface area (Å²) in [6, 6.07) is 22.7. The number of hydrogen-bond donors (Lipinski definition) is 1. The molecule has 0 aromatic heterocycles. The number of esters is 1. The van der Waals surface area contributed by atoms with Crippen LogP contribution in [0, 0.1) is 12.3 Å². The number of benzene rings is 3. The Morgan fingerprint density at radius 2 is 1.35 bits per heavy atom. The standard InChI is InChI=1S/C14H11BrO2.C8H7N.H19P17/c1-17-14(16)12-6-2-4-10(8-12)11-5-3-7-13(15)9-11;1-2-7-5-3-4-6-8(7)9;1-10-15(11(2)3)17(14(8)9)16(12(4)5)13(6)7/h2-9H,1H3;1,3-6H,9H2;10H,1-9H2. The maximum atomic E-state index is 11.4. The van der Waals surface area contributed by atoms with Crippen molar-refractivity contribution in [3.63, 3.8) is 0 Å². The number of para-hydroxylation sites is 1. The SMILES string of the molecule is C#Cc1ccccc1N.COC(=O)c1cccc(-c2cccc(Br)c2)c1.PPP(P(P)P)P(P(P)P)P(P(P)P)P(P)P. The van der Waals surface area contributed by atoms with Crippen LogP contribution in [0.15, 0.2) is 77.3 Å². The lowest BCUT2D eigenvalue weighted by molar-refractivity contribution is 0.0601. The van der Waals surface area contributed by atoms with Crippen LogP contribution in [-0.4, -0.2) is 13.1 Å². The summed E-state index contributed by atoms with van der Waals surface area (Å²) in [7, 11) is 30.4. The number of halogens is 1. The van der Waals surface area contributed by atoms with E-state index in [1.807, 2.05) is 60.7 Å². The zero-order valence-electron chi connectivity index (χ0n) is 23.1. The van der Waals surface area contributed by atoms with Crippen molar-refractivity contribution in [1.82, 2.24) is 0 Å². The first-order valence-electron chi connectivity index (χ1n) is 11.6. The second-order valence-electron chi connectivity index (χ2n) is 7.79.